The third-order valence-corrected chi connectivity index (χ3v) is 4.30. The average molecular weight is 341 g/mol. The van der Waals surface area contributed by atoms with Crippen molar-refractivity contribution in [1.29, 1.82) is 0 Å². The SMILES string of the molecule is Nc1cc(C(=O)N(CC(=O)O)C2CCCC2)ccc1Br. The van der Waals surface area contributed by atoms with Crippen molar-refractivity contribution in [3.63, 3.8) is 0 Å². The zero-order valence-electron chi connectivity index (χ0n) is 11.0. The number of nitrogen functional groups attached to an aromatic ring is 1. The zero-order valence-corrected chi connectivity index (χ0v) is 12.6. The number of aliphatic carboxylic acids is 1. The van der Waals surface area contributed by atoms with E-state index in [1.807, 2.05) is 0 Å². The molecule has 0 spiro atoms. The lowest BCUT2D eigenvalue weighted by atomic mass is 10.1. The minimum atomic E-state index is -0.990. The van der Waals surface area contributed by atoms with Crippen LogP contribution >= 0.6 is 15.9 Å². The Morgan fingerprint density at radius 2 is 2.00 bits per heavy atom. The lowest BCUT2D eigenvalue weighted by molar-refractivity contribution is -0.138. The molecule has 20 heavy (non-hydrogen) atoms. The molecular formula is C14H17BrN2O3. The molecule has 0 atom stereocenters. The Bertz CT molecular complexity index is 527. The van der Waals surface area contributed by atoms with Gasteiger partial charge in [0.1, 0.15) is 6.54 Å². The number of anilines is 1. The molecule has 1 amide bonds. The van der Waals surface area contributed by atoms with Crippen LogP contribution in [0.2, 0.25) is 0 Å². The normalized spacial score (nSPS) is 15.2. The Morgan fingerprint density at radius 3 is 2.55 bits per heavy atom. The maximum absolute atomic E-state index is 12.5. The number of carbonyl (C=O) groups excluding carboxylic acids is 1. The van der Waals surface area contributed by atoms with Crippen LogP contribution in [0.3, 0.4) is 0 Å². The first-order chi connectivity index (χ1) is 9.49. The Hall–Kier alpha value is -1.56. The highest BCUT2D eigenvalue weighted by Gasteiger charge is 2.29. The van der Waals surface area contributed by atoms with E-state index in [-0.39, 0.29) is 18.5 Å². The highest BCUT2D eigenvalue weighted by Crippen LogP contribution is 2.26. The molecule has 1 fully saturated rings. The van der Waals surface area contributed by atoms with E-state index >= 15 is 0 Å². The highest BCUT2D eigenvalue weighted by molar-refractivity contribution is 9.10. The van der Waals surface area contributed by atoms with Crippen molar-refractivity contribution in [1.82, 2.24) is 4.90 Å². The number of halogens is 1. The van der Waals surface area contributed by atoms with E-state index in [0.29, 0.717) is 11.3 Å². The molecule has 0 aromatic heterocycles. The quantitative estimate of drug-likeness (QED) is 0.825. The number of carbonyl (C=O) groups is 2. The topological polar surface area (TPSA) is 83.6 Å². The maximum atomic E-state index is 12.5. The van der Waals surface area contributed by atoms with Gasteiger partial charge in [0.05, 0.1) is 0 Å². The summed E-state index contributed by atoms with van der Waals surface area (Å²) in [5.74, 6) is -1.26. The molecule has 3 N–H and O–H groups in total. The predicted molar refractivity (Wildman–Crippen MR) is 79.5 cm³/mol. The Kier molecular flexibility index (Phi) is 4.65. The van der Waals surface area contributed by atoms with E-state index in [0.717, 1.165) is 30.2 Å². The summed E-state index contributed by atoms with van der Waals surface area (Å²) in [6, 6.07) is 4.96. The van der Waals surface area contributed by atoms with Gasteiger partial charge < -0.3 is 15.7 Å². The van der Waals surface area contributed by atoms with Gasteiger partial charge in [-0.05, 0) is 47.0 Å². The first kappa shape index (κ1) is 14.8. The molecule has 5 nitrogen and oxygen atoms in total. The van der Waals surface area contributed by atoms with Crippen LogP contribution in [0.4, 0.5) is 5.69 Å². The molecule has 1 aromatic rings. The van der Waals surface area contributed by atoms with Gasteiger partial charge in [0.2, 0.25) is 0 Å². The fourth-order valence-corrected chi connectivity index (χ4v) is 2.82. The fourth-order valence-electron chi connectivity index (χ4n) is 2.57. The van der Waals surface area contributed by atoms with Gasteiger partial charge in [0, 0.05) is 21.8 Å². The van der Waals surface area contributed by atoms with Crippen molar-refractivity contribution in [2.75, 3.05) is 12.3 Å². The second-order valence-corrected chi connectivity index (χ2v) is 5.86. The van der Waals surface area contributed by atoms with E-state index in [2.05, 4.69) is 15.9 Å². The predicted octanol–water partition coefficient (Wildman–Crippen LogP) is 2.50. The molecule has 0 heterocycles. The third kappa shape index (κ3) is 3.30. The summed E-state index contributed by atoms with van der Waals surface area (Å²) in [5.41, 5.74) is 6.68. The lowest BCUT2D eigenvalue weighted by Gasteiger charge is -2.27. The van der Waals surface area contributed by atoms with Gasteiger partial charge in [0.25, 0.3) is 5.91 Å². The Labute approximate surface area is 125 Å². The lowest BCUT2D eigenvalue weighted by Crippen LogP contribution is -2.42. The highest BCUT2D eigenvalue weighted by atomic mass is 79.9. The second kappa shape index (κ2) is 6.26. The van der Waals surface area contributed by atoms with Gasteiger partial charge in [-0.2, -0.15) is 0 Å². The van der Waals surface area contributed by atoms with Crippen LogP contribution in [0.25, 0.3) is 0 Å². The van der Waals surface area contributed by atoms with Gasteiger partial charge >= 0.3 is 5.97 Å². The minimum absolute atomic E-state index is 0.0171. The van der Waals surface area contributed by atoms with Crippen LogP contribution in [0, 0.1) is 0 Å². The summed E-state index contributed by atoms with van der Waals surface area (Å²) >= 11 is 3.28. The molecule has 1 aromatic carbocycles. The van der Waals surface area contributed by atoms with Gasteiger partial charge in [-0.3, -0.25) is 9.59 Å². The molecule has 108 valence electrons. The largest absolute Gasteiger partial charge is 0.480 e. The number of nitrogens with two attached hydrogens (primary N) is 1. The van der Waals surface area contributed by atoms with Crippen LogP contribution in [-0.4, -0.2) is 34.5 Å². The van der Waals surface area contributed by atoms with E-state index in [4.69, 9.17) is 10.8 Å². The molecule has 2 rings (SSSR count). The summed E-state index contributed by atoms with van der Waals surface area (Å²) < 4.78 is 0.722. The van der Waals surface area contributed by atoms with Crippen LogP contribution in [0.5, 0.6) is 0 Å². The molecular weight excluding hydrogens is 324 g/mol. The van der Waals surface area contributed by atoms with E-state index in [1.165, 1.54) is 4.90 Å². The van der Waals surface area contributed by atoms with Crippen LogP contribution in [0.1, 0.15) is 36.0 Å². The van der Waals surface area contributed by atoms with Gasteiger partial charge in [-0.15, -0.1) is 0 Å². The number of nitrogens with zero attached hydrogens (tertiary/aromatic N) is 1. The summed E-state index contributed by atoms with van der Waals surface area (Å²) in [4.78, 5) is 25.0. The first-order valence-corrected chi connectivity index (χ1v) is 7.36. The monoisotopic (exact) mass is 340 g/mol. The summed E-state index contributed by atoms with van der Waals surface area (Å²) in [7, 11) is 0. The van der Waals surface area contributed by atoms with Crippen molar-refractivity contribution in [2.24, 2.45) is 0 Å². The fraction of sp³-hybridized carbons (Fsp3) is 0.429. The van der Waals surface area contributed by atoms with Crippen molar-refractivity contribution >= 4 is 33.5 Å². The molecule has 1 aliphatic carbocycles. The van der Waals surface area contributed by atoms with Gasteiger partial charge in [0.15, 0.2) is 0 Å². The summed E-state index contributed by atoms with van der Waals surface area (Å²) in [6.07, 6.45) is 3.81. The van der Waals surface area contributed by atoms with Crippen molar-refractivity contribution < 1.29 is 14.7 Å². The second-order valence-electron chi connectivity index (χ2n) is 5.00. The van der Waals surface area contributed by atoms with Crippen LogP contribution in [0.15, 0.2) is 22.7 Å². The molecule has 0 radical (unpaired) electrons. The summed E-state index contributed by atoms with van der Waals surface area (Å²) in [5, 5.41) is 9.01. The van der Waals surface area contributed by atoms with E-state index in [1.54, 1.807) is 18.2 Å². The summed E-state index contributed by atoms with van der Waals surface area (Å²) in [6.45, 7) is -0.264. The Balaban J connectivity index is 2.24. The molecule has 1 aliphatic rings. The van der Waals surface area contributed by atoms with E-state index < -0.39 is 5.97 Å². The number of carboxylic acids is 1. The number of rotatable bonds is 4. The smallest absolute Gasteiger partial charge is 0.323 e. The standard InChI is InChI=1S/C14H17BrN2O3/c15-11-6-5-9(7-12(11)16)14(20)17(8-13(18)19)10-3-1-2-4-10/h5-7,10H,1-4,8,16H2,(H,18,19). The van der Waals surface area contributed by atoms with Crippen LogP contribution in [-0.2, 0) is 4.79 Å². The van der Waals surface area contributed by atoms with Gasteiger partial charge in [-0.25, -0.2) is 0 Å². The molecule has 0 saturated heterocycles. The van der Waals surface area contributed by atoms with E-state index in [9.17, 15) is 9.59 Å². The molecule has 0 aliphatic heterocycles. The number of benzene rings is 1. The Morgan fingerprint density at radius 1 is 1.35 bits per heavy atom. The van der Waals surface area contributed by atoms with Crippen LogP contribution < -0.4 is 5.73 Å². The van der Waals surface area contributed by atoms with Gasteiger partial charge in [-0.1, -0.05) is 12.8 Å². The molecule has 1 saturated carbocycles. The average Bonchev–Trinajstić information content (AvgIpc) is 2.92. The maximum Gasteiger partial charge on any atom is 0.323 e. The molecule has 0 bridgehead atoms. The number of hydrogen-bond donors (Lipinski definition) is 2. The number of hydrogen-bond acceptors (Lipinski definition) is 3. The molecule has 6 heteroatoms. The van der Waals surface area contributed by atoms with Crippen molar-refractivity contribution in [3.8, 4) is 0 Å². The number of amides is 1. The van der Waals surface area contributed by atoms with Crippen molar-refractivity contribution in [3.05, 3.63) is 28.2 Å². The first-order valence-electron chi connectivity index (χ1n) is 6.57. The van der Waals surface area contributed by atoms with Crippen molar-refractivity contribution in [2.45, 2.75) is 31.7 Å². The zero-order chi connectivity index (χ0) is 14.7. The minimum Gasteiger partial charge on any atom is -0.480 e. The number of carboxylic acid groups (broad SMARTS) is 1. The molecule has 0 unspecified atom stereocenters. The third-order valence-electron chi connectivity index (χ3n) is 3.57.